The second-order valence-electron chi connectivity index (χ2n) is 6.00. The number of carbonyl (C=O) groups excluding carboxylic acids is 1. The van der Waals surface area contributed by atoms with Gasteiger partial charge in [-0.15, -0.1) is 12.4 Å². The van der Waals surface area contributed by atoms with Crippen LogP contribution < -0.4 is 5.32 Å². The van der Waals surface area contributed by atoms with E-state index in [1.54, 1.807) is 4.90 Å². The predicted octanol–water partition coefficient (Wildman–Crippen LogP) is 0.971. The highest BCUT2D eigenvalue weighted by molar-refractivity contribution is 7.89. The quantitative estimate of drug-likeness (QED) is 0.828. The number of halogens is 3. The first-order valence-electron chi connectivity index (χ1n) is 7.85. The SMILES string of the molecule is Cl.O=C1CNCCN1C1CCCN(S(=O)(=O)c2cc(F)ccc2F)C1. The van der Waals surface area contributed by atoms with Crippen molar-refractivity contribution in [1.82, 2.24) is 14.5 Å². The smallest absolute Gasteiger partial charge is 0.246 e. The van der Waals surface area contributed by atoms with E-state index in [1.807, 2.05) is 0 Å². The monoisotopic (exact) mass is 395 g/mol. The van der Waals surface area contributed by atoms with Gasteiger partial charge in [-0.25, -0.2) is 17.2 Å². The number of rotatable bonds is 3. The van der Waals surface area contributed by atoms with Gasteiger partial charge in [-0.2, -0.15) is 4.31 Å². The molecule has 0 bridgehead atoms. The van der Waals surface area contributed by atoms with E-state index < -0.39 is 26.6 Å². The zero-order valence-corrected chi connectivity index (χ0v) is 15.1. The molecule has 25 heavy (non-hydrogen) atoms. The standard InChI is InChI=1S/C15H19F2N3O3S.ClH/c16-11-3-4-13(17)14(8-11)24(22,23)19-6-1-2-12(10-19)20-7-5-18-9-15(20)21;/h3-4,8,12,18H,1-2,5-7,9-10H2;1H. The molecule has 1 amide bonds. The lowest BCUT2D eigenvalue weighted by Crippen LogP contribution is -2.57. The summed E-state index contributed by atoms with van der Waals surface area (Å²) in [6, 6.07) is 2.15. The van der Waals surface area contributed by atoms with Crippen LogP contribution in [0.15, 0.2) is 23.1 Å². The minimum absolute atomic E-state index is 0. The second-order valence-corrected chi connectivity index (χ2v) is 7.90. The van der Waals surface area contributed by atoms with Crippen LogP contribution in [0.2, 0.25) is 0 Å². The lowest BCUT2D eigenvalue weighted by atomic mass is 10.1. The molecular weight excluding hydrogens is 376 g/mol. The highest BCUT2D eigenvalue weighted by atomic mass is 35.5. The first-order valence-corrected chi connectivity index (χ1v) is 9.29. The molecule has 2 heterocycles. The summed E-state index contributed by atoms with van der Waals surface area (Å²) in [5.41, 5.74) is 0. The van der Waals surface area contributed by atoms with Crippen LogP contribution in [-0.2, 0) is 14.8 Å². The normalized spacial score (nSPS) is 22.6. The molecule has 3 rings (SSSR count). The van der Waals surface area contributed by atoms with Crippen molar-refractivity contribution in [2.45, 2.75) is 23.8 Å². The molecule has 2 saturated heterocycles. The van der Waals surface area contributed by atoms with Gasteiger partial charge in [0.2, 0.25) is 15.9 Å². The van der Waals surface area contributed by atoms with Crippen molar-refractivity contribution in [2.75, 3.05) is 32.7 Å². The van der Waals surface area contributed by atoms with Gasteiger partial charge in [0.1, 0.15) is 16.5 Å². The van der Waals surface area contributed by atoms with Crippen LogP contribution in [0, 0.1) is 11.6 Å². The maximum Gasteiger partial charge on any atom is 0.246 e. The van der Waals surface area contributed by atoms with Crippen LogP contribution >= 0.6 is 12.4 Å². The summed E-state index contributed by atoms with van der Waals surface area (Å²) in [6.45, 7) is 1.75. The molecule has 10 heteroatoms. The van der Waals surface area contributed by atoms with E-state index >= 15 is 0 Å². The minimum atomic E-state index is -4.14. The average molecular weight is 396 g/mol. The largest absolute Gasteiger partial charge is 0.336 e. The summed E-state index contributed by atoms with van der Waals surface area (Å²) in [7, 11) is -4.14. The van der Waals surface area contributed by atoms with Crippen molar-refractivity contribution < 1.29 is 22.0 Å². The number of nitrogens with one attached hydrogen (secondary N) is 1. The highest BCUT2D eigenvalue weighted by Crippen LogP contribution is 2.25. The number of hydrogen-bond donors (Lipinski definition) is 1. The third-order valence-corrected chi connectivity index (χ3v) is 6.32. The van der Waals surface area contributed by atoms with Gasteiger partial charge < -0.3 is 10.2 Å². The van der Waals surface area contributed by atoms with Crippen molar-refractivity contribution >= 4 is 28.3 Å². The number of hydrogen-bond acceptors (Lipinski definition) is 4. The highest BCUT2D eigenvalue weighted by Gasteiger charge is 2.36. The summed E-state index contributed by atoms with van der Waals surface area (Å²) < 4.78 is 53.7. The summed E-state index contributed by atoms with van der Waals surface area (Å²) >= 11 is 0. The van der Waals surface area contributed by atoms with Crippen molar-refractivity contribution in [3.8, 4) is 0 Å². The molecule has 2 fully saturated rings. The van der Waals surface area contributed by atoms with Gasteiger partial charge in [0, 0.05) is 32.2 Å². The second kappa shape index (κ2) is 7.94. The van der Waals surface area contributed by atoms with Crippen molar-refractivity contribution in [3.63, 3.8) is 0 Å². The van der Waals surface area contributed by atoms with Crippen LogP contribution in [0.25, 0.3) is 0 Å². The van der Waals surface area contributed by atoms with Crippen LogP contribution in [0.1, 0.15) is 12.8 Å². The Kier molecular flexibility index (Phi) is 6.36. The number of nitrogens with zero attached hydrogens (tertiary/aromatic N) is 2. The van der Waals surface area contributed by atoms with Crippen molar-refractivity contribution in [1.29, 1.82) is 0 Å². The van der Waals surface area contributed by atoms with Gasteiger partial charge in [0.25, 0.3) is 0 Å². The van der Waals surface area contributed by atoms with E-state index in [9.17, 15) is 22.0 Å². The summed E-state index contributed by atoms with van der Waals surface area (Å²) in [4.78, 5) is 13.0. The molecule has 2 aliphatic heterocycles. The Hall–Kier alpha value is -1.29. The predicted molar refractivity (Wildman–Crippen MR) is 90.0 cm³/mol. The molecule has 140 valence electrons. The molecule has 2 aliphatic rings. The first-order chi connectivity index (χ1) is 11.4. The Morgan fingerprint density at radius 1 is 1.20 bits per heavy atom. The Morgan fingerprint density at radius 2 is 1.96 bits per heavy atom. The van der Waals surface area contributed by atoms with Crippen molar-refractivity contribution in [3.05, 3.63) is 29.8 Å². The zero-order chi connectivity index (χ0) is 17.3. The molecule has 1 unspecified atom stereocenters. The number of sulfonamides is 1. The van der Waals surface area contributed by atoms with Crippen LogP contribution in [0.3, 0.4) is 0 Å². The summed E-state index contributed by atoms with van der Waals surface area (Å²) in [5, 5.41) is 2.97. The molecule has 0 saturated carbocycles. The molecule has 1 atom stereocenters. The van der Waals surface area contributed by atoms with E-state index in [4.69, 9.17) is 0 Å². The molecule has 0 radical (unpaired) electrons. The fourth-order valence-corrected chi connectivity index (χ4v) is 4.81. The maximum atomic E-state index is 13.9. The van der Waals surface area contributed by atoms with Gasteiger partial charge in [-0.3, -0.25) is 4.79 Å². The van der Waals surface area contributed by atoms with E-state index in [0.717, 1.165) is 16.4 Å². The van der Waals surface area contributed by atoms with Crippen LogP contribution in [-0.4, -0.2) is 62.3 Å². The van der Waals surface area contributed by atoms with E-state index in [2.05, 4.69) is 5.32 Å². The van der Waals surface area contributed by atoms with E-state index in [-0.39, 0.29) is 44.0 Å². The fraction of sp³-hybridized carbons (Fsp3) is 0.533. The minimum Gasteiger partial charge on any atom is -0.336 e. The lowest BCUT2D eigenvalue weighted by molar-refractivity contribution is -0.135. The molecular formula is C15H20ClF2N3O3S. The summed E-state index contributed by atoms with van der Waals surface area (Å²) in [5.74, 6) is -1.85. The van der Waals surface area contributed by atoms with Gasteiger partial charge in [-0.1, -0.05) is 0 Å². The number of carbonyl (C=O) groups is 1. The first kappa shape index (κ1) is 20.0. The van der Waals surface area contributed by atoms with Crippen LogP contribution in [0.4, 0.5) is 8.78 Å². The number of benzene rings is 1. The van der Waals surface area contributed by atoms with Gasteiger partial charge in [0.05, 0.1) is 6.54 Å². The lowest BCUT2D eigenvalue weighted by Gasteiger charge is -2.40. The number of piperazine rings is 1. The van der Waals surface area contributed by atoms with E-state index in [0.29, 0.717) is 32.0 Å². The Bertz CT molecular complexity index is 748. The number of piperidine rings is 1. The molecule has 1 N–H and O–H groups in total. The third kappa shape index (κ3) is 4.11. The molecule has 1 aromatic carbocycles. The van der Waals surface area contributed by atoms with E-state index in [1.165, 1.54) is 0 Å². The van der Waals surface area contributed by atoms with Gasteiger partial charge in [0.15, 0.2) is 0 Å². The topological polar surface area (TPSA) is 69.7 Å². The Balaban J connectivity index is 0.00000225. The molecule has 0 spiro atoms. The zero-order valence-electron chi connectivity index (χ0n) is 13.5. The Morgan fingerprint density at radius 3 is 2.68 bits per heavy atom. The summed E-state index contributed by atoms with van der Waals surface area (Å²) in [6.07, 6.45) is 1.27. The number of amides is 1. The molecule has 0 aliphatic carbocycles. The van der Waals surface area contributed by atoms with Gasteiger partial charge >= 0.3 is 0 Å². The average Bonchev–Trinajstić information content (AvgIpc) is 2.57. The maximum absolute atomic E-state index is 13.9. The molecule has 0 aromatic heterocycles. The Labute approximate surface area is 151 Å². The van der Waals surface area contributed by atoms with Crippen molar-refractivity contribution in [2.24, 2.45) is 0 Å². The fourth-order valence-electron chi connectivity index (χ4n) is 3.21. The van der Waals surface area contributed by atoms with Gasteiger partial charge in [-0.05, 0) is 31.0 Å². The molecule has 1 aromatic rings. The third-order valence-electron chi connectivity index (χ3n) is 4.44. The van der Waals surface area contributed by atoms with Crippen LogP contribution in [0.5, 0.6) is 0 Å². The molecule has 6 nitrogen and oxygen atoms in total.